The van der Waals surface area contributed by atoms with Crippen molar-refractivity contribution in [2.75, 3.05) is 36.2 Å². The van der Waals surface area contributed by atoms with Crippen LogP contribution in [0.1, 0.15) is 12.6 Å². The Labute approximate surface area is 95.8 Å². The molecule has 0 aliphatic heterocycles. The molecular formula is C10H20N4S. The van der Waals surface area contributed by atoms with Crippen LogP contribution in [0.5, 0.6) is 0 Å². The van der Waals surface area contributed by atoms with Crippen LogP contribution < -0.4 is 10.6 Å². The predicted octanol–water partition coefficient (Wildman–Crippen LogP) is 1.36. The van der Waals surface area contributed by atoms with E-state index in [0.29, 0.717) is 0 Å². The van der Waals surface area contributed by atoms with Crippen LogP contribution in [-0.4, -0.2) is 35.4 Å². The number of hydrogen-bond acceptors (Lipinski definition) is 4. The van der Waals surface area contributed by atoms with Gasteiger partial charge in [0, 0.05) is 26.4 Å². The van der Waals surface area contributed by atoms with Crippen molar-refractivity contribution in [3.05, 3.63) is 5.69 Å². The van der Waals surface area contributed by atoms with Gasteiger partial charge in [-0.3, -0.25) is 4.68 Å². The van der Waals surface area contributed by atoms with Crippen molar-refractivity contribution in [3.63, 3.8) is 0 Å². The SMILES string of the molecule is CCc1nn(C)c(N(C)CCSC)c1N. The first-order valence-corrected chi connectivity index (χ1v) is 6.52. The first kappa shape index (κ1) is 12.2. The lowest BCUT2D eigenvalue weighted by Crippen LogP contribution is -2.23. The summed E-state index contributed by atoms with van der Waals surface area (Å²) >= 11 is 1.84. The van der Waals surface area contributed by atoms with Crippen LogP contribution in [0.2, 0.25) is 0 Å². The number of nitrogen functional groups attached to an aromatic ring is 1. The Balaban J connectivity index is 2.87. The number of rotatable bonds is 5. The largest absolute Gasteiger partial charge is 0.394 e. The maximum absolute atomic E-state index is 6.06. The standard InChI is InChI=1S/C10H20N4S/c1-5-8-9(11)10(14(3)12-8)13(2)6-7-15-4/h5-7,11H2,1-4H3. The number of nitrogens with two attached hydrogens (primary N) is 1. The molecule has 0 saturated heterocycles. The van der Waals surface area contributed by atoms with Crippen LogP contribution in [0.15, 0.2) is 0 Å². The lowest BCUT2D eigenvalue weighted by molar-refractivity contribution is 0.727. The van der Waals surface area contributed by atoms with E-state index in [1.165, 1.54) is 0 Å². The molecule has 0 aliphatic rings. The lowest BCUT2D eigenvalue weighted by atomic mass is 10.3. The maximum atomic E-state index is 6.06. The minimum absolute atomic E-state index is 0.823. The molecular weight excluding hydrogens is 208 g/mol. The molecule has 5 heteroatoms. The number of thioether (sulfide) groups is 1. The van der Waals surface area contributed by atoms with Crippen LogP contribution in [0, 0.1) is 0 Å². The summed E-state index contributed by atoms with van der Waals surface area (Å²) in [7, 11) is 4.00. The van der Waals surface area contributed by atoms with Gasteiger partial charge in [-0.2, -0.15) is 16.9 Å². The Bertz CT molecular complexity index is 321. The number of aromatic nitrogens is 2. The molecule has 1 aromatic rings. The molecule has 2 N–H and O–H groups in total. The molecule has 0 aliphatic carbocycles. The molecule has 0 atom stereocenters. The molecule has 0 amide bonds. The first-order chi connectivity index (χ1) is 7.11. The third-order valence-electron chi connectivity index (χ3n) is 2.46. The summed E-state index contributed by atoms with van der Waals surface area (Å²) < 4.78 is 1.87. The van der Waals surface area contributed by atoms with E-state index in [9.17, 15) is 0 Å². The summed E-state index contributed by atoms with van der Waals surface area (Å²) in [6, 6.07) is 0. The summed E-state index contributed by atoms with van der Waals surface area (Å²) in [6.45, 7) is 3.07. The average Bonchev–Trinajstić information content (AvgIpc) is 2.50. The van der Waals surface area contributed by atoms with Gasteiger partial charge in [-0.05, 0) is 12.7 Å². The Morgan fingerprint density at radius 2 is 2.20 bits per heavy atom. The van der Waals surface area contributed by atoms with Gasteiger partial charge in [-0.25, -0.2) is 0 Å². The maximum Gasteiger partial charge on any atom is 0.150 e. The van der Waals surface area contributed by atoms with E-state index in [4.69, 9.17) is 5.73 Å². The minimum Gasteiger partial charge on any atom is -0.394 e. The highest BCUT2D eigenvalue weighted by Gasteiger charge is 2.14. The molecule has 0 saturated carbocycles. The van der Waals surface area contributed by atoms with Crippen LogP contribution in [-0.2, 0) is 13.5 Å². The van der Waals surface area contributed by atoms with Gasteiger partial charge in [0.2, 0.25) is 0 Å². The monoisotopic (exact) mass is 228 g/mol. The van der Waals surface area contributed by atoms with E-state index in [2.05, 4.69) is 30.2 Å². The van der Waals surface area contributed by atoms with Gasteiger partial charge in [0.15, 0.2) is 0 Å². The van der Waals surface area contributed by atoms with Crippen molar-refractivity contribution in [1.29, 1.82) is 0 Å². The van der Waals surface area contributed by atoms with E-state index >= 15 is 0 Å². The van der Waals surface area contributed by atoms with Crippen LogP contribution in [0.3, 0.4) is 0 Å². The second-order valence-electron chi connectivity index (χ2n) is 3.58. The number of anilines is 2. The molecule has 1 rings (SSSR count). The molecule has 86 valence electrons. The lowest BCUT2D eigenvalue weighted by Gasteiger charge is -2.19. The molecule has 0 aromatic carbocycles. The second-order valence-corrected chi connectivity index (χ2v) is 4.56. The zero-order chi connectivity index (χ0) is 11.4. The topological polar surface area (TPSA) is 47.1 Å². The highest BCUT2D eigenvalue weighted by Crippen LogP contribution is 2.25. The molecule has 1 aromatic heterocycles. The van der Waals surface area contributed by atoms with Gasteiger partial charge in [0.1, 0.15) is 5.82 Å². The molecule has 0 bridgehead atoms. The van der Waals surface area contributed by atoms with E-state index in [1.54, 1.807) is 0 Å². The van der Waals surface area contributed by atoms with Gasteiger partial charge in [-0.1, -0.05) is 6.92 Å². The fourth-order valence-electron chi connectivity index (χ4n) is 1.63. The molecule has 4 nitrogen and oxygen atoms in total. The predicted molar refractivity (Wildman–Crippen MR) is 68.7 cm³/mol. The summed E-state index contributed by atoms with van der Waals surface area (Å²) in [5.41, 5.74) is 7.87. The highest BCUT2D eigenvalue weighted by molar-refractivity contribution is 7.98. The summed E-state index contributed by atoms with van der Waals surface area (Å²) in [6.07, 6.45) is 2.99. The van der Waals surface area contributed by atoms with Crippen LogP contribution >= 0.6 is 11.8 Å². The summed E-state index contributed by atoms with van der Waals surface area (Å²) in [5.74, 6) is 2.13. The highest BCUT2D eigenvalue weighted by atomic mass is 32.2. The van der Waals surface area contributed by atoms with E-state index in [1.807, 2.05) is 23.5 Å². The Kier molecular flexibility index (Phi) is 4.32. The van der Waals surface area contributed by atoms with Gasteiger partial charge >= 0.3 is 0 Å². The molecule has 0 fully saturated rings. The fraction of sp³-hybridized carbons (Fsp3) is 0.700. The third-order valence-corrected chi connectivity index (χ3v) is 3.05. The van der Waals surface area contributed by atoms with Gasteiger partial charge in [0.25, 0.3) is 0 Å². The van der Waals surface area contributed by atoms with Crippen molar-refractivity contribution in [2.24, 2.45) is 7.05 Å². The molecule has 0 unspecified atom stereocenters. The average molecular weight is 228 g/mol. The number of hydrogen-bond donors (Lipinski definition) is 1. The Hall–Kier alpha value is -0.840. The Morgan fingerprint density at radius 3 is 2.67 bits per heavy atom. The van der Waals surface area contributed by atoms with Crippen LogP contribution in [0.4, 0.5) is 11.5 Å². The molecule has 0 spiro atoms. The van der Waals surface area contributed by atoms with Crippen LogP contribution in [0.25, 0.3) is 0 Å². The minimum atomic E-state index is 0.823. The number of aryl methyl sites for hydroxylation is 2. The van der Waals surface area contributed by atoms with E-state index < -0.39 is 0 Å². The Morgan fingerprint density at radius 1 is 1.53 bits per heavy atom. The first-order valence-electron chi connectivity index (χ1n) is 5.13. The molecule has 15 heavy (non-hydrogen) atoms. The van der Waals surface area contributed by atoms with Crippen molar-refractivity contribution < 1.29 is 0 Å². The number of nitrogens with zero attached hydrogens (tertiary/aromatic N) is 3. The zero-order valence-electron chi connectivity index (χ0n) is 9.95. The van der Waals surface area contributed by atoms with Gasteiger partial charge in [-0.15, -0.1) is 0 Å². The molecule has 0 radical (unpaired) electrons. The van der Waals surface area contributed by atoms with Crippen molar-refractivity contribution >= 4 is 23.3 Å². The normalized spacial score (nSPS) is 10.7. The second kappa shape index (κ2) is 5.30. The van der Waals surface area contributed by atoms with Crippen molar-refractivity contribution in [1.82, 2.24) is 9.78 Å². The van der Waals surface area contributed by atoms with E-state index in [0.717, 1.165) is 35.9 Å². The molecule has 1 heterocycles. The third kappa shape index (κ3) is 2.59. The van der Waals surface area contributed by atoms with Crippen molar-refractivity contribution in [2.45, 2.75) is 13.3 Å². The van der Waals surface area contributed by atoms with E-state index in [-0.39, 0.29) is 0 Å². The summed E-state index contributed by atoms with van der Waals surface area (Å²) in [4.78, 5) is 2.16. The quantitative estimate of drug-likeness (QED) is 0.827. The zero-order valence-corrected chi connectivity index (χ0v) is 10.8. The summed E-state index contributed by atoms with van der Waals surface area (Å²) in [5, 5.41) is 4.40. The van der Waals surface area contributed by atoms with Crippen molar-refractivity contribution in [3.8, 4) is 0 Å². The smallest absolute Gasteiger partial charge is 0.150 e. The van der Waals surface area contributed by atoms with Gasteiger partial charge < -0.3 is 10.6 Å². The fourth-order valence-corrected chi connectivity index (χ4v) is 2.09. The van der Waals surface area contributed by atoms with Gasteiger partial charge in [0.05, 0.1) is 11.4 Å².